The summed E-state index contributed by atoms with van der Waals surface area (Å²) < 4.78 is 5.50. The van der Waals surface area contributed by atoms with E-state index in [0.29, 0.717) is 13.1 Å². The fourth-order valence-corrected chi connectivity index (χ4v) is 2.30. The molecule has 2 unspecified atom stereocenters. The van der Waals surface area contributed by atoms with Crippen LogP contribution in [0.3, 0.4) is 0 Å². The number of hydrogen-bond acceptors (Lipinski definition) is 4. The van der Waals surface area contributed by atoms with Crippen molar-refractivity contribution in [2.45, 2.75) is 25.6 Å². The van der Waals surface area contributed by atoms with E-state index in [1.807, 2.05) is 13.0 Å². The van der Waals surface area contributed by atoms with Crippen LogP contribution in [0.1, 0.15) is 12.5 Å². The molecule has 2 rings (SSSR count). The number of carbonyl (C=O) groups excluding carboxylic acids is 1. The van der Waals surface area contributed by atoms with E-state index >= 15 is 0 Å². The number of rotatable bonds is 3. The first-order chi connectivity index (χ1) is 9.08. The van der Waals surface area contributed by atoms with Crippen LogP contribution in [0.5, 0.6) is 5.75 Å². The molecule has 0 radical (unpaired) electrons. The smallest absolute Gasteiger partial charge is 0.227 e. The molecule has 1 aromatic rings. The summed E-state index contributed by atoms with van der Waals surface area (Å²) in [6, 6.07) is 6.69. The van der Waals surface area contributed by atoms with Crippen LogP contribution < -0.4 is 0 Å². The first-order valence-corrected chi connectivity index (χ1v) is 6.40. The third-order valence-electron chi connectivity index (χ3n) is 3.15. The van der Waals surface area contributed by atoms with Crippen LogP contribution in [-0.4, -0.2) is 52.9 Å². The minimum Gasteiger partial charge on any atom is -0.508 e. The average Bonchev–Trinajstić information content (AvgIpc) is 2.38. The normalized spacial score (nSPS) is 23.4. The third-order valence-corrected chi connectivity index (χ3v) is 3.15. The molecule has 0 aromatic heterocycles. The van der Waals surface area contributed by atoms with Gasteiger partial charge in [0.15, 0.2) is 0 Å². The quantitative estimate of drug-likeness (QED) is 0.837. The summed E-state index contributed by atoms with van der Waals surface area (Å²) in [6.45, 7) is 2.75. The number of morpholine rings is 1. The topological polar surface area (TPSA) is 70.0 Å². The Morgan fingerprint density at radius 3 is 2.95 bits per heavy atom. The molecule has 0 bridgehead atoms. The maximum Gasteiger partial charge on any atom is 0.227 e. The lowest BCUT2D eigenvalue weighted by atomic mass is 10.1. The van der Waals surface area contributed by atoms with Crippen molar-refractivity contribution in [2.75, 3.05) is 19.7 Å². The van der Waals surface area contributed by atoms with E-state index in [4.69, 9.17) is 9.84 Å². The molecule has 0 aliphatic carbocycles. The van der Waals surface area contributed by atoms with Gasteiger partial charge in [-0.1, -0.05) is 12.1 Å². The summed E-state index contributed by atoms with van der Waals surface area (Å²) >= 11 is 0. The van der Waals surface area contributed by atoms with Gasteiger partial charge in [-0.25, -0.2) is 0 Å². The number of phenols is 1. The molecule has 104 valence electrons. The lowest BCUT2D eigenvalue weighted by Crippen LogP contribution is -2.50. The number of aliphatic hydroxyl groups is 1. The van der Waals surface area contributed by atoms with Gasteiger partial charge in [-0.3, -0.25) is 4.79 Å². The Labute approximate surface area is 112 Å². The van der Waals surface area contributed by atoms with Crippen LogP contribution in [0.2, 0.25) is 0 Å². The van der Waals surface area contributed by atoms with Gasteiger partial charge in [0.05, 0.1) is 25.2 Å². The van der Waals surface area contributed by atoms with Crippen LogP contribution in [-0.2, 0) is 16.0 Å². The highest BCUT2D eigenvalue weighted by Gasteiger charge is 2.27. The van der Waals surface area contributed by atoms with Gasteiger partial charge in [0, 0.05) is 13.1 Å². The Balaban J connectivity index is 1.99. The van der Waals surface area contributed by atoms with Crippen LogP contribution in [0.25, 0.3) is 0 Å². The Kier molecular flexibility index (Phi) is 4.39. The lowest BCUT2D eigenvalue weighted by molar-refractivity contribution is -0.146. The van der Waals surface area contributed by atoms with Gasteiger partial charge >= 0.3 is 0 Å². The molecule has 2 N–H and O–H groups in total. The van der Waals surface area contributed by atoms with E-state index in [1.54, 1.807) is 23.1 Å². The van der Waals surface area contributed by atoms with Crippen molar-refractivity contribution in [1.29, 1.82) is 0 Å². The van der Waals surface area contributed by atoms with E-state index in [-0.39, 0.29) is 36.9 Å². The molecule has 5 heteroatoms. The highest BCUT2D eigenvalue weighted by Crippen LogP contribution is 2.15. The number of phenolic OH excluding ortho intramolecular Hbond substituents is 1. The van der Waals surface area contributed by atoms with Crippen molar-refractivity contribution < 1.29 is 19.7 Å². The summed E-state index contributed by atoms with van der Waals surface area (Å²) in [5.41, 5.74) is 0.782. The van der Waals surface area contributed by atoms with Gasteiger partial charge in [-0.05, 0) is 24.6 Å². The molecule has 1 saturated heterocycles. The average molecular weight is 265 g/mol. The fraction of sp³-hybridized carbons (Fsp3) is 0.500. The highest BCUT2D eigenvalue weighted by atomic mass is 16.5. The summed E-state index contributed by atoms with van der Waals surface area (Å²) in [6.07, 6.45) is -0.130. The predicted octanol–water partition coefficient (Wildman–Crippen LogP) is 0.543. The number of carbonyl (C=O) groups is 1. The molecule has 1 heterocycles. The third kappa shape index (κ3) is 3.68. The first-order valence-electron chi connectivity index (χ1n) is 6.40. The first kappa shape index (κ1) is 13.8. The zero-order valence-electron chi connectivity index (χ0n) is 11.0. The molecule has 1 aliphatic rings. The fourth-order valence-electron chi connectivity index (χ4n) is 2.30. The van der Waals surface area contributed by atoms with Gasteiger partial charge in [-0.15, -0.1) is 0 Å². The molecular formula is C14H19NO4. The van der Waals surface area contributed by atoms with Crippen molar-refractivity contribution in [1.82, 2.24) is 4.90 Å². The van der Waals surface area contributed by atoms with E-state index in [0.717, 1.165) is 5.56 Å². The zero-order chi connectivity index (χ0) is 13.8. The highest BCUT2D eigenvalue weighted by molar-refractivity contribution is 5.79. The minimum atomic E-state index is -0.308. The molecule has 19 heavy (non-hydrogen) atoms. The zero-order valence-corrected chi connectivity index (χ0v) is 11.0. The molecule has 1 fully saturated rings. The van der Waals surface area contributed by atoms with E-state index in [1.165, 1.54) is 0 Å². The van der Waals surface area contributed by atoms with Crippen molar-refractivity contribution in [3.8, 4) is 5.75 Å². The van der Waals surface area contributed by atoms with Gasteiger partial charge in [0.2, 0.25) is 5.91 Å². The molecule has 1 aliphatic heterocycles. The van der Waals surface area contributed by atoms with E-state index in [9.17, 15) is 9.90 Å². The van der Waals surface area contributed by atoms with Crippen LogP contribution in [0, 0.1) is 0 Å². The molecular weight excluding hydrogens is 246 g/mol. The van der Waals surface area contributed by atoms with Crippen LogP contribution in [0.15, 0.2) is 24.3 Å². The SMILES string of the molecule is CC1CN(C(=O)Cc2cccc(O)c2)CC(CO)O1. The Morgan fingerprint density at radius 2 is 2.26 bits per heavy atom. The van der Waals surface area contributed by atoms with E-state index < -0.39 is 0 Å². The Morgan fingerprint density at radius 1 is 1.47 bits per heavy atom. The Hall–Kier alpha value is -1.59. The van der Waals surface area contributed by atoms with Gasteiger partial charge in [0.1, 0.15) is 5.75 Å². The monoisotopic (exact) mass is 265 g/mol. The summed E-state index contributed by atoms with van der Waals surface area (Å²) in [5.74, 6) is 0.146. The molecule has 0 saturated carbocycles. The number of ether oxygens (including phenoxy) is 1. The van der Waals surface area contributed by atoms with E-state index in [2.05, 4.69) is 0 Å². The molecule has 2 atom stereocenters. The number of hydrogen-bond donors (Lipinski definition) is 2. The van der Waals surface area contributed by atoms with Crippen molar-refractivity contribution in [3.63, 3.8) is 0 Å². The predicted molar refractivity (Wildman–Crippen MR) is 69.8 cm³/mol. The summed E-state index contributed by atoms with van der Waals surface area (Å²) in [7, 11) is 0. The minimum absolute atomic E-state index is 0.0146. The second-order valence-corrected chi connectivity index (χ2v) is 4.90. The summed E-state index contributed by atoms with van der Waals surface area (Å²) in [4.78, 5) is 13.9. The van der Waals surface area contributed by atoms with Gasteiger partial charge in [-0.2, -0.15) is 0 Å². The maximum absolute atomic E-state index is 12.2. The molecule has 1 aromatic carbocycles. The maximum atomic E-state index is 12.2. The lowest BCUT2D eigenvalue weighted by Gasteiger charge is -2.36. The second-order valence-electron chi connectivity index (χ2n) is 4.90. The van der Waals surface area contributed by atoms with Crippen molar-refractivity contribution in [2.24, 2.45) is 0 Å². The molecule has 0 spiro atoms. The standard InChI is InChI=1S/C14H19NO4/c1-10-7-15(8-13(9-16)19-10)14(18)6-11-3-2-4-12(17)5-11/h2-5,10,13,16-17H,6-9H2,1H3. The second kappa shape index (κ2) is 6.04. The number of amides is 1. The summed E-state index contributed by atoms with van der Waals surface area (Å²) in [5, 5.41) is 18.5. The number of aliphatic hydroxyl groups excluding tert-OH is 1. The molecule has 1 amide bonds. The molecule has 5 nitrogen and oxygen atoms in total. The number of benzene rings is 1. The van der Waals surface area contributed by atoms with Crippen molar-refractivity contribution in [3.05, 3.63) is 29.8 Å². The van der Waals surface area contributed by atoms with Gasteiger partial charge < -0.3 is 19.8 Å². The van der Waals surface area contributed by atoms with Crippen molar-refractivity contribution >= 4 is 5.91 Å². The van der Waals surface area contributed by atoms with Gasteiger partial charge in [0.25, 0.3) is 0 Å². The number of aromatic hydroxyl groups is 1. The largest absolute Gasteiger partial charge is 0.508 e. The van der Waals surface area contributed by atoms with Crippen LogP contribution >= 0.6 is 0 Å². The Bertz CT molecular complexity index is 449. The number of nitrogens with zero attached hydrogens (tertiary/aromatic N) is 1. The van der Waals surface area contributed by atoms with Crippen LogP contribution in [0.4, 0.5) is 0 Å².